The third-order valence-corrected chi connectivity index (χ3v) is 3.66. The van der Waals surface area contributed by atoms with Crippen molar-refractivity contribution in [3.63, 3.8) is 0 Å². The van der Waals surface area contributed by atoms with E-state index in [0.717, 1.165) is 11.1 Å². The third-order valence-electron chi connectivity index (χ3n) is 3.19. The van der Waals surface area contributed by atoms with Crippen LogP contribution in [-0.4, -0.2) is 36.1 Å². The lowest BCUT2D eigenvalue weighted by Gasteiger charge is -2.31. The first-order valence-electron chi connectivity index (χ1n) is 5.78. The van der Waals surface area contributed by atoms with Crippen molar-refractivity contribution in [3.8, 4) is 0 Å². The Kier molecular flexibility index (Phi) is 4.32. The van der Waals surface area contributed by atoms with Gasteiger partial charge in [-0.05, 0) is 60.5 Å². The Morgan fingerprint density at radius 1 is 1.44 bits per heavy atom. The molecule has 1 saturated heterocycles. The largest absolute Gasteiger partial charge is 0.317 e. The number of nitrogens with one attached hydrogen (secondary N) is 1. The normalized spacial score (nSPS) is 18.9. The van der Waals surface area contributed by atoms with Gasteiger partial charge in [0.15, 0.2) is 0 Å². The first kappa shape index (κ1) is 12.0. The third kappa shape index (κ3) is 3.27. The molecule has 0 amide bonds. The maximum Gasteiger partial charge on any atom is 0.106 e. The highest BCUT2D eigenvalue weighted by Gasteiger charge is 2.17. The van der Waals surface area contributed by atoms with Gasteiger partial charge in [0.05, 0.1) is 0 Å². The molecule has 1 aromatic rings. The van der Waals surface area contributed by atoms with E-state index >= 15 is 0 Å². The van der Waals surface area contributed by atoms with Crippen LogP contribution >= 0.6 is 15.9 Å². The average molecular weight is 284 g/mol. The van der Waals surface area contributed by atoms with E-state index in [1.807, 2.05) is 12.3 Å². The van der Waals surface area contributed by atoms with E-state index in [1.165, 1.54) is 31.5 Å². The molecular formula is C12H18BrN3. The molecular weight excluding hydrogens is 266 g/mol. The minimum atomic E-state index is 0.708. The van der Waals surface area contributed by atoms with Gasteiger partial charge in [-0.1, -0.05) is 6.07 Å². The molecule has 2 heterocycles. The van der Waals surface area contributed by atoms with Crippen molar-refractivity contribution in [2.45, 2.75) is 25.4 Å². The molecule has 3 nitrogen and oxygen atoms in total. The van der Waals surface area contributed by atoms with Gasteiger partial charge in [-0.2, -0.15) is 0 Å². The topological polar surface area (TPSA) is 28.2 Å². The summed E-state index contributed by atoms with van der Waals surface area (Å²) in [6, 6.07) is 4.86. The Labute approximate surface area is 105 Å². The summed E-state index contributed by atoms with van der Waals surface area (Å²) in [7, 11) is 2.05. The van der Waals surface area contributed by atoms with E-state index in [1.54, 1.807) is 0 Å². The Morgan fingerprint density at radius 2 is 2.19 bits per heavy atom. The highest BCUT2D eigenvalue weighted by atomic mass is 79.9. The molecule has 1 aliphatic rings. The van der Waals surface area contributed by atoms with E-state index < -0.39 is 0 Å². The quantitative estimate of drug-likeness (QED) is 0.861. The summed E-state index contributed by atoms with van der Waals surface area (Å²) in [4.78, 5) is 6.75. The summed E-state index contributed by atoms with van der Waals surface area (Å²) in [6.45, 7) is 3.39. The number of nitrogens with zero attached hydrogens (tertiary/aromatic N) is 2. The summed E-state index contributed by atoms with van der Waals surface area (Å²) in [6.07, 6.45) is 4.45. The number of aromatic nitrogens is 1. The minimum absolute atomic E-state index is 0.708. The van der Waals surface area contributed by atoms with Crippen molar-refractivity contribution in [2.24, 2.45) is 0 Å². The maximum absolute atomic E-state index is 4.25. The van der Waals surface area contributed by atoms with Crippen molar-refractivity contribution in [1.82, 2.24) is 15.2 Å². The lowest BCUT2D eigenvalue weighted by Crippen LogP contribution is -2.40. The monoisotopic (exact) mass is 283 g/mol. The van der Waals surface area contributed by atoms with Crippen LogP contribution in [0.15, 0.2) is 22.9 Å². The summed E-state index contributed by atoms with van der Waals surface area (Å²) < 4.78 is 0.908. The Hall–Kier alpha value is -0.450. The van der Waals surface area contributed by atoms with Crippen LogP contribution in [0, 0.1) is 0 Å². The van der Waals surface area contributed by atoms with Crippen molar-refractivity contribution >= 4 is 15.9 Å². The van der Waals surface area contributed by atoms with Gasteiger partial charge in [0.25, 0.3) is 0 Å². The zero-order valence-electron chi connectivity index (χ0n) is 9.62. The summed E-state index contributed by atoms with van der Waals surface area (Å²) in [5.74, 6) is 0. The van der Waals surface area contributed by atoms with Crippen molar-refractivity contribution in [3.05, 3.63) is 28.5 Å². The van der Waals surface area contributed by atoms with E-state index in [-0.39, 0.29) is 0 Å². The number of hydrogen-bond donors (Lipinski definition) is 1. The number of pyridine rings is 1. The fraction of sp³-hybridized carbons (Fsp3) is 0.583. The molecule has 1 fully saturated rings. The zero-order valence-corrected chi connectivity index (χ0v) is 11.2. The highest BCUT2D eigenvalue weighted by Crippen LogP contribution is 2.14. The van der Waals surface area contributed by atoms with Crippen LogP contribution in [0.2, 0.25) is 0 Å². The van der Waals surface area contributed by atoms with Gasteiger partial charge in [0.1, 0.15) is 4.60 Å². The molecule has 0 bridgehead atoms. The predicted octanol–water partition coefficient (Wildman–Crippen LogP) is 2.03. The van der Waals surface area contributed by atoms with Crippen LogP contribution in [0.25, 0.3) is 0 Å². The van der Waals surface area contributed by atoms with Crippen LogP contribution in [0.1, 0.15) is 18.4 Å². The molecule has 2 rings (SSSR count). The van der Waals surface area contributed by atoms with Gasteiger partial charge in [-0.25, -0.2) is 4.98 Å². The Balaban J connectivity index is 1.84. The van der Waals surface area contributed by atoms with Crippen LogP contribution in [0.3, 0.4) is 0 Å². The highest BCUT2D eigenvalue weighted by molar-refractivity contribution is 9.10. The van der Waals surface area contributed by atoms with Gasteiger partial charge >= 0.3 is 0 Å². The molecule has 0 spiro atoms. The van der Waals surface area contributed by atoms with E-state index in [4.69, 9.17) is 0 Å². The molecule has 0 saturated carbocycles. The van der Waals surface area contributed by atoms with Gasteiger partial charge < -0.3 is 5.32 Å². The van der Waals surface area contributed by atoms with Crippen molar-refractivity contribution < 1.29 is 0 Å². The number of rotatable bonds is 3. The first-order chi connectivity index (χ1) is 7.78. The molecule has 0 aliphatic carbocycles. The van der Waals surface area contributed by atoms with Gasteiger partial charge in [-0.15, -0.1) is 0 Å². The SMILES string of the molecule is CNC1CCN(Cc2ccc(Br)nc2)CC1. The second kappa shape index (κ2) is 5.75. The molecule has 0 aromatic carbocycles. The summed E-state index contributed by atoms with van der Waals surface area (Å²) in [5, 5.41) is 3.35. The van der Waals surface area contributed by atoms with E-state index in [2.05, 4.69) is 44.2 Å². The average Bonchev–Trinajstić information content (AvgIpc) is 2.33. The lowest BCUT2D eigenvalue weighted by atomic mass is 10.0. The molecule has 0 unspecified atom stereocenters. The number of hydrogen-bond acceptors (Lipinski definition) is 3. The number of piperidine rings is 1. The van der Waals surface area contributed by atoms with Crippen LogP contribution in [0.5, 0.6) is 0 Å². The summed E-state index contributed by atoms with van der Waals surface area (Å²) >= 11 is 3.35. The van der Waals surface area contributed by atoms with Crippen LogP contribution in [-0.2, 0) is 6.54 Å². The Bertz CT molecular complexity index is 318. The fourth-order valence-corrected chi connectivity index (χ4v) is 2.37. The molecule has 1 N–H and O–H groups in total. The molecule has 1 aliphatic heterocycles. The number of halogens is 1. The van der Waals surface area contributed by atoms with Gasteiger partial charge in [0.2, 0.25) is 0 Å². The van der Waals surface area contributed by atoms with Crippen LogP contribution < -0.4 is 5.32 Å². The molecule has 16 heavy (non-hydrogen) atoms. The number of likely N-dealkylation sites (tertiary alicyclic amines) is 1. The van der Waals surface area contributed by atoms with Crippen molar-refractivity contribution in [2.75, 3.05) is 20.1 Å². The lowest BCUT2D eigenvalue weighted by molar-refractivity contribution is 0.194. The standard InChI is InChI=1S/C12H18BrN3/c1-14-11-4-6-16(7-5-11)9-10-2-3-12(13)15-8-10/h2-3,8,11,14H,4-7,9H2,1H3. The predicted molar refractivity (Wildman–Crippen MR) is 69.3 cm³/mol. The van der Waals surface area contributed by atoms with E-state index in [9.17, 15) is 0 Å². The van der Waals surface area contributed by atoms with Crippen LogP contribution in [0.4, 0.5) is 0 Å². The van der Waals surface area contributed by atoms with Crippen molar-refractivity contribution in [1.29, 1.82) is 0 Å². The van der Waals surface area contributed by atoms with Gasteiger partial charge in [-0.3, -0.25) is 4.90 Å². The van der Waals surface area contributed by atoms with E-state index in [0.29, 0.717) is 6.04 Å². The fourth-order valence-electron chi connectivity index (χ4n) is 2.14. The smallest absolute Gasteiger partial charge is 0.106 e. The molecule has 0 atom stereocenters. The maximum atomic E-state index is 4.25. The Morgan fingerprint density at radius 3 is 2.75 bits per heavy atom. The molecule has 4 heteroatoms. The second-order valence-electron chi connectivity index (χ2n) is 4.33. The molecule has 1 aromatic heterocycles. The molecule has 0 radical (unpaired) electrons. The first-order valence-corrected chi connectivity index (χ1v) is 6.57. The summed E-state index contributed by atoms with van der Waals surface area (Å²) in [5.41, 5.74) is 1.30. The molecule has 88 valence electrons. The zero-order chi connectivity index (χ0) is 11.4. The second-order valence-corrected chi connectivity index (χ2v) is 5.14. The van der Waals surface area contributed by atoms with Gasteiger partial charge in [0, 0.05) is 18.8 Å². The minimum Gasteiger partial charge on any atom is -0.317 e.